The summed E-state index contributed by atoms with van der Waals surface area (Å²) in [7, 11) is 3.02. The van der Waals surface area contributed by atoms with E-state index in [1.807, 2.05) is 0 Å². The van der Waals surface area contributed by atoms with Gasteiger partial charge in [-0.25, -0.2) is 4.39 Å². The second-order valence-corrected chi connectivity index (χ2v) is 6.37. The molecule has 0 saturated heterocycles. The maximum Gasteiger partial charge on any atom is 0.279 e. The number of para-hydroxylation sites is 1. The number of carbonyl (C=O) groups excluding carboxylic acids is 1. The minimum Gasteiger partial charge on any atom is -0.493 e. The molecule has 134 valence electrons. The van der Waals surface area contributed by atoms with Gasteiger partial charge in [0, 0.05) is 12.1 Å². The van der Waals surface area contributed by atoms with Crippen LogP contribution in [0.1, 0.15) is 10.4 Å². The number of fused-ring (bicyclic) bond motifs is 1. The molecule has 1 aromatic heterocycles. The lowest BCUT2D eigenvalue weighted by molar-refractivity contribution is 0.0997. The minimum absolute atomic E-state index is 0.346. The van der Waals surface area contributed by atoms with Crippen molar-refractivity contribution in [3.05, 3.63) is 65.2 Å². The molecule has 3 aromatic rings. The zero-order chi connectivity index (χ0) is 18.7. The lowest BCUT2D eigenvalue weighted by Gasteiger charge is -2.07. The maximum absolute atomic E-state index is 14.2. The van der Waals surface area contributed by atoms with Crippen LogP contribution in [0.4, 0.5) is 4.39 Å². The number of thiazole rings is 1. The number of methoxy groups -OCH3 is 2. The molecule has 1 amide bonds. The first-order valence-corrected chi connectivity index (χ1v) is 8.60. The van der Waals surface area contributed by atoms with Crippen LogP contribution in [0.25, 0.3) is 10.2 Å². The molecule has 0 N–H and O–H groups in total. The van der Waals surface area contributed by atoms with Crippen LogP contribution in [0.5, 0.6) is 11.5 Å². The van der Waals surface area contributed by atoms with E-state index in [-0.39, 0.29) is 5.82 Å². The number of benzene rings is 2. The normalized spacial score (nSPS) is 11.6. The van der Waals surface area contributed by atoms with Crippen molar-refractivity contribution in [1.82, 2.24) is 4.57 Å². The van der Waals surface area contributed by atoms with Crippen molar-refractivity contribution in [2.24, 2.45) is 4.99 Å². The van der Waals surface area contributed by atoms with Gasteiger partial charge in [-0.3, -0.25) is 4.79 Å². The molecule has 0 saturated carbocycles. The van der Waals surface area contributed by atoms with Crippen LogP contribution in [-0.2, 0) is 6.54 Å². The summed E-state index contributed by atoms with van der Waals surface area (Å²) in [5.41, 5.74) is 0.766. The van der Waals surface area contributed by atoms with E-state index >= 15 is 0 Å². The van der Waals surface area contributed by atoms with E-state index in [4.69, 9.17) is 9.47 Å². The average Bonchev–Trinajstić information content (AvgIpc) is 3.00. The molecule has 0 aliphatic carbocycles. The van der Waals surface area contributed by atoms with E-state index in [0.29, 0.717) is 38.6 Å². The summed E-state index contributed by atoms with van der Waals surface area (Å²) in [4.78, 5) is 17.2. The van der Waals surface area contributed by atoms with Gasteiger partial charge in [-0.05, 0) is 30.3 Å². The van der Waals surface area contributed by atoms with E-state index in [9.17, 15) is 9.18 Å². The topological polar surface area (TPSA) is 52.8 Å². The smallest absolute Gasteiger partial charge is 0.279 e. The Kier molecular flexibility index (Phi) is 5.18. The molecule has 1 heterocycles. The van der Waals surface area contributed by atoms with E-state index < -0.39 is 5.91 Å². The van der Waals surface area contributed by atoms with Gasteiger partial charge in [0.15, 0.2) is 16.3 Å². The van der Waals surface area contributed by atoms with Crippen molar-refractivity contribution in [3.63, 3.8) is 0 Å². The maximum atomic E-state index is 14.2. The first-order valence-electron chi connectivity index (χ1n) is 7.79. The van der Waals surface area contributed by atoms with Crippen LogP contribution < -0.4 is 14.3 Å². The molecular weight excluding hydrogens is 355 g/mol. The molecule has 0 bridgehead atoms. The Balaban J connectivity index is 2.12. The van der Waals surface area contributed by atoms with Crippen LogP contribution in [0.15, 0.2) is 54.0 Å². The molecule has 0 fully saturated rings. The molecule has 0 aliphatic heterocycles. The van der Waals surface area contributed by atoms with Gasteiger partial charge in [-0.1, -0.05) is 23.5 Å². The predicted octanol–water partition coefficient (Wildman–Crippen LogP) is 3.79. The number of nitrogens with zero attached hydrogens (tertiary/aromatic N) is 2. The highest BCUT2D eigenvalue weighted by atomic mass is 32.1. The van der Waals surface area contributed by atoms with Gasteiger partial charge < -0.3 is 14.0 Å². The van der Waals surface area contributed by atoms with Crippen molar-refractivity contribution in [3.8, 4) is 11.5 Å². The highest BCUT2D eigenvalue weighted by Gasteiger charge is 2.13. The number of ether oxygens (including phenoxy) is 2. The predicted molar refractivity (Wildman–Crippen MR) is 99.4 cm³/mol. The van der Waals surface area contributed by atoms with Gasteiger partial charge in [0.05, 0.1) is 24.4 Å². The first kappa shape index (κ1) is 17.9. The summed E-state index contributed by atoms with van der Waals surface area (Å²) in [5.74, 6) is 0.154. The molecule has 0 atom stereocenters. The summed E-state index contributed by atoms with van der Waals surface area (Å²) in [6, 6.07) is 9.63. The number of hydrogen-bond donors (Lipinski definition) is 0. The summed E-state index contributed by atoms with van der Waals surface area (Å²) >= 11 is 1.25. The van der Waals surface area contributed by atoms with Crippen molar-refractivity contribution in [2.75, 3.05) is 14.2 Å². The quantitative estimate of drug-likeness (QED) is 0.641. The second-order valence-electron chi connectivity index (χ2n) is 5.36. The Morgan fingerprint density at radius 1 is 1.27 bits per heavy atom. The first-order chi connectivity index (χ1) is 12.6. The van der Waals surface area contributed by atoms with E-state index in [0.717, 1.165) is 0 Å². The van der Waals surface area contributed by atoms with Crippen molar-refractivity contribution >= 4 is 27.5 Å². The summed E-state index contributed by atoms with van der Waals surface area (Å²) < 4.78 is 27.0. The zero-order valence-corrected chi connectivity index (χ0v) is 15.2. The highest BCUT2D eigenvalue weighted by molar-refractivity contribution is 7.16. The third-order valence-corrected chi connectivity index (χ3v) is 4.83. The van der Waals surface area contributed by atoms with Crippen LogP contribution >= 0.6 is 11.3 Å². The fraction of sp³-hybridized carbons (Fsp3) is 0.158. The van der Waals surface area contributed by atoms with Crippen LogP contribution in [0.2, 0.25) is 0 Å². The Labute approximate surface area is 153 Å². The van der Waals surface area contributed by atoms with Crippen LogP contribution in [0.3, 0.4) is 0 Å². The molecule has 26 heavy (non-hydrogen) atoms. The van der Waals surface area contributed by atoms with Gasteiger partial charge in [-0.2, -0.15) is 4.99 Å². The second kappa shape index (κ2) is 7.53. The van der Waals surface area contributed by atoms with E-state index in [1.54, 1.807) is 41.0 Å². The average molecular weight is 372 g/mol. The molecule has 2 aromatic carbocycles. The molecule has 7 heteroatoms. The molecule has 5 nitrogen and oxygen atoms in total. The molecule has 0 unspecified atom stereocenters. The largest absolute Gasteiger partial charge is 0.493 e. The summed E-state index contributed by atoms with van der Waals surface area (Å²) in [6.45, 7) is 4.04. The Hall–Kier alpha value is -2.93. The number of carbonyl (C=O) groups is 1. The molecule has 3 rings (SSSR count). The lowest BCUT2D eigenvalue weighted by atomic mass is 10.2. The molecule has 0 spiro atoms. The highest BCUT2D eigenvalue weighted by Crippen LogP contribution is 2.28. The molecular formula is C19H17FN2O3S. The fourth-order valence-corrected chi connectivity index (χ4v) is 3.64. The van der Waals surface area contributed by atoms with Gasteiger partial charge in [0.2, 0.25) is 0 Å². The van der Waals surface area contributed by atoms with Gasteiger partial charge in [0.1, 0.15) is 5.82 Å². The fourth-order valence-electron chi connectivity index (χ4n) is 2.59. The zero-order valence-electron chi connectivity index (χ0n) is 14.4. The Morgan fingerprint density at radius 2 is 2.04 bits per heavy atom. The molecule has 0 radical (unpaired) electrons. The number of aromatic nitrogens is 1. The monoisotopic (exact) mass is 372 g/mol. The number of halogens is 1. The Bertz CT molecular complexity index is 1050. The van der Waals surface area contributed by atoms with Gasteiger partial charge >= 0.3 is 0 Å². The number of amides is 1. The van der Waals surface area contributed by atoms with Gasteiger partial charge in [-0.15, -0.1) is 6.58 Å². The van der Waals surface area contributed by atoms with Crippen LogP contribution in [0, 0.1) is 5.82 Å². The van der Waals surface area contributed by atoms with Crippen LogP contribution in [-0.4, -0.2) is 24.7 Å². The number of allylic oxidation sites excluding steroid dienone is 1. The van der Waals surface area contributed by atoms with Crippen molar-refractivity contribution < 1.29 is 18.7 Å². The third-order valence-electron chi connectivity index (χ3n) is 3.79. The van der Waals surface area contributed by atoms with E-state index in [2.05, 4.69) is 11.6 Å². The van der Waals surface area contributed by atoms with E-state index in [1.165, 1.54) is 31.6 Å². The standard InChI is InChI=1S/C19H17FN2O3S/c1-4-10-22-17-13(20)6-5-7-16(17)26-19(22)21-18(23)12-8-9-14(24-2)15(11-12)25-3/h4-9,11H,1,10H2,2-3H3. The van der Waals surface area contributed by atoms with Gasteiger partial charge in [0.25, 0.3) is 5.91 Å². The van der Waals surface area contributed by atoms with Crippen molar-refractivity contribution in [2.45, 2.75) is 6.54 Å². The minimum atomic E-state index is -0.448. The number of hydrogen-bond acceptors (Lipinski definition) is 4. The van der Waals surface area contributed by atoms with Crippen molar-refractivity contribution in [1.29, 1.82) is 0 Å². The molecule has 0 aliphatic rings. The summed E-state index contributed by atoms with van der Waals surface area (Å²) in [6.07, 6.45) is 1.64. The lowest BCUT2D eigenvalue weighted by Crippen LogP contribution is -2.16. The Morgan fingerprint density at radius 3 is 2.73 bits per heavy atom. The third kappa shape index (κ3) is 3.25. The number of rotatable bonds is 5. The SMILES string of the molecule is C=CCn1c(=NC(=O)c2ccc(OC)c(OC)c2)sc2cccc(F)c21. The summed E-state index contributed by atoms with van der Waals surface area (Å²) in [5, 5.41) is 0.